The molecular weight excluding hydrogens is 258 g/mol. The molecule has 5 heteroatoms. The Hall–Kier alpha value is -1.59. The smallest absolute Gasteiger partial charge is 0.142 e. The van der Waals surface area contributed by atoms with Crippen LogP contribution >= 0.6 is 11.3 Å². The number of hydrogen-bond donors (Lipinski definition) is 1. The van der Waals surface area contributed by atoms with Gasteiger partial charge >= 0.3 is 0 Å². The molecule has 2 N–H and O–H groups in total. The van der Waals surface area contributed by atoms with Crippen LogP contribution in [0.3, 0.4) is 0 Å². The van der Waals surface area contributed by atoms with Gasteiger partial charge in [-0.15, -0.1) is 11.3 Å². The van der Waals surface area contributed by atoms with E-state index in [4.69, 9.17) is 10.5 Å². The Labute approximate surface area is 117 Å². The van der Waals surface area contributed by atoms with Gasteiger partial charge in [0.05, 0.1) is 5.69 Å². The van der Waals surface area contributed by atoms with Crippen molar-refractivity contribution in [3.8, 4) is 16.3 Å². The summed E-state index contributed by atoms with van der Waals surface area (Å²) in [6, 6.07) is 5.83. The number of aryl methyl sites for hydroxylation is 1. The van der Waals surface area contributed by atoms with Crippen LogP contribution < -0.4 is 10.5 Å². The highest BCUT2D eigenvalue weighted by Crippen LogP contribution is 2.30. The Balaban J connectivity index is 2.09. The Kier molecular flexibility index (Phi) is 4.39. The van der Waals surface area contributed by atoms with Crippen LogP contribution in [0.1, 0.15) is 5.69 Å². The number of aromatic nitrogens is 1. The highest BCUT2D eigenvalue weighted by atomic mass is 32.1. The van der Waals surface area contributed by atoms with Gasteiger partial charge in [0.25, 0.3) is 0 Å². The SMILES string of the molecule is Cc1csc(-c2ccc(OCCN(C)C)c(N)c2)n1. The van der Waals surface area contributed by atoms with E-state index in [2.05, 4.69) is 9.88 Å². The molecule has 0 fully saturated rings. The molecule has 102 valence electrons. The van der Waals surface area contributed by atoms with Gasteiger partial charge in [0, 0.05) is 23.2 Å². The summed E-state index contributed by atoms with van der Waals surface area (Å²) in [4.78, 5) is 6.52. The van der Waals surface area contributed by atoms with E-state index in [-0.39, 0.29) is 0 Å². The summed E-state index contributed by atoms with van der Waals surface area (Å²) in [5.41, 5.74) is 8.75. The van der Waals surface area contributed by atoms with Gasteiger partial charge in [0.1, 0.15) is 17.4 Å². The number of anilines is 1. The number of nitrogens with two attached hydrogens (primary N) is 1. The van der Waals surface area contributed by atoms with Crippen LogP contribution in [0.5, 0.6) is 5.75 Å². The summed E-state index contributed by atoms with van der Waals surface area (Å²) in [5, 5.41) is 3.02. The van der Waals surface area contributed by atoms with E-state index in [0.717, 1.165) is 28.6 Å². The number of hydrogen-bond acceptors (Lipinski definition) is 5. The molecule has 0 spiro atoms. The standard InChI is InChI=1S/C14H19N3OS/c1-10-9-19-14(16-10)11-4-5-13(12(15)8-11)18-7-6-17(2)3/h4-5,8-9H,6-7,15H2,1-3H3. The number of ether oxygens (including phenoxy) is 1. The molecule has 2 aromatic rings. The average Bonchev–Trinajstić information content (AvgIpc) is 2.77. The number of nitrogens with zero attached hydrogens (tertiary/aromatic N) is 2. The van der Waals surface area contributed by atoms with Crippen LogP contribution in [0, 0.1) is 6.92 Å². The summed E-state index contributed by atoms with van der Waals surface area (Å²) >= 11 is 1.62. The Bertz CT molecular complexity index is 551. The minimum absolute atomic E-state index is 0.632. The van der Waals surface area contributed by atoms with Gasteiger partial charge in [-0.1, -0.05) is 0 Å². The van der Waals surface area contributed by atoms with E-state index in [0.29, 0.717) is 12.3 Å². The van der Waals surface area contributed by atoms with Crippen molar-refractivity contribution in [2.75, 3.05) is 33.0 Å². The van der Waals surface area contributed by atoms with Gasteiger partial charge in [-0.05, 0) is 39.2 Å². The second-order valence-corrected chi connectivity index (χ2v) is 5.56. The van der Waals surface area contributed by atoms with Gasteiger partial charge < -0.3 is 15.4 Å². The van der Waals surface area contributed by atoms with Crippen molar-refractivity contribution in [2.45, 2.75) is 6.92 Å². The minimum atomic E-state index is 0.632. The van der Waals surface area contributed by atoms with Crippen molar-refractivity contribution in [1.82, 2.24) is 9.88 Å². The number of likely N-dealkylation sites (N-methyl/N-ethyl adjacent to an activating group) is 1. The van der Waals surface area contributed by atoms with E-state index >= 15 is 0 Å². The molecule has 2 rings (SSSR count). The van der Waals surface area contributed by atoms with E-state index in [9.17, 15) is 0 Å². The summed E-state index contributed by atoms with van der Waals surface area (Å²) in [6.45, 7) is 3.49. The lowest BCUT2D eigenvalue weighted by Crippen LogP contribution is -2.19. The molecule has 0 aliphatic rings. The number of thiazole rings is 1. The summed E-state index contributed by atoms with van der Waals surface area (Å²) < 4.78 is 5.66. The topological polar surface area (TPSA) is 51.4 Å². The fraction of sp³-hybridized carbons (Fsp3) is 0.357. The lowest BCUT2D eigenvalue weighted by molar-refractivity contribution is 0.262. The van der Waals surface area contributed by atoms with Crippen LogP contribution in [-0.2, 0) is 0 Å². The molecule has 0 saturated carbocycles. The van der Waals surface area contributed by atoms with Gasteiger partial charge in [-0.2, -0.15) is 0 Å². The maximum atomic E-state index is 6.02. The van der Waals surface area contributed by atoms with Crippen molar-refractivity contribution >= 4 is 17.0 Å². The van der Waals surface area contributed by atoms with Gasteiger partial charge in [-0.25, -0.2) is 4.98 Å². The first-order valence-corrected chi connectivity index (χ1v) is 7.04. The maximum Gasteiger partial charge on any atom is 0.142 e. The monoisotopic (exact) mass is 277 g/mol. The van der Waals surface area contributed by atoms with Gasteiger partial charge in [0.15, 0.2) is 0 Å². The molecule has 0 aliphatic carbocycles. The van der Waals surface area contributed by atoms with Crippen LogP contribution in [0.25, 0.3) is 10.6 Å². The van der Waals surface area contributed by atoms with E-state index in [1.54, 1.807) is 11.3 Å². The molecule has 0 saturated heterocycles. The Morgan fingerprint density at radius 2 is 2.16 bits per heavy atom. The molecule has 4 nitrogen and oxygen atoms in total. The van der Waals surface area contributed by atoms with Crippen molar-refractivity contribution in [3.63, 3.8) is 0 Å². The maximum absolute atomic E-state index is 6.02. The first kappa shape index (κ1) is 13.8. The summed E-state index contributed by atoms with van der Waals surface area (Å²) in [6.07, 6.45) is 0. The van der Waals surface area contributed by atoms with Crippen LogP contribution in [0.2, 0.25) is 0 Å². The van der Waals surface area contributed by atoms with Crippen molar-refractivity contribution in [1.29, 1.82) is 0 Å². The predicted octanol–water partition coefficient (Wildman–Crippen LogP) is 2.64. The number of rotatable bonds is 5. The molecule has 0 unspecified atom stereocenters. The highest BCUT2D eigenvalue weighted by Gasteiger charge is 2.06. The van der Waals surface area contributed by atoms with Crippen LogP contribution in [0.4, 0.5) is 5.69 Å². The van der Waals surface area contributed by atoms with E-state index < -0.39 is 0 Å². The molecule has 0 radical (unpaired) electrons. The third kappa shape index (κ3) is 3.68. The lowest BCUT2D eigenvalue weighted by atomic mass is 10.2. The molecule has 19 heavy (non-hydrogen) atoms. The fourth-order valence-corrected chi connectivity index (χ4v) is 2.43. The van der Waals surface area contributed by atoms with Gasteiger partial charge in [0.2, 0.25) is 0 Å². The number of benzene rings is 1. The van der Waals surface area contributed by atoms with Crippen LogP contribution in [-0.4, -0.2) is 37.1 Å². The van der Waals surface area contributed by atoms with Crippen molar-refractivity contribution < 1.29 is 4.74 Å². The summed E-state index contributed by atoms with van der Waals surface area (Å²) in [7, 11) is 4.03. The molecule has 1 heterocycles. The largest absolute Gasteiger partial charge is 0.490 e. The molecule has 1 aromatic heterocycles. The second-order valence-electron chi connectivity index (χ2n) is 4.70. The average molecular weight is 277 g/mol. The second kappa shape index (κ2) is 6.04. The first-order chi connectivity index (χ1) is 9.06. The highest BCUT2D eigenvalue weighted by molar-refractivity contribution is 7.13. The molecular formula is C14H19N3OS. The molecule has 0 amide bonds. The van der Waals surface area contributed by atoms with Crippen molar-refractivity contribution in [2.24, 2.45) is 0 Å². The molecule has 0 aliphatic heterocycles. The van der Waals surface area contributed by atoms with E-state index in [1.165, 1.54) is 0 Å². The Morgan fingerprint density at radius 3 is 2.74 bits per heavy atom. The third-order valence-electron chi connectivity index (χ3n) is 2.67. The third-order valence-corrected chi connectivity index (χ3v) is 3.68. The fourth-order valence-electron chi connectivity index (χ4n) is 1.64. The Morgan fingerprint density at radius 1 is 1.37 bits per heavy atom. The zero-order chi connectivity index (χ0) is 13.8. The van der Waals surface area contributed by atoms with E-state index in [1.807, 2.05) is 44.6 Å². The quantitative estimate of drug-likeness (QED) is 0.854. The normalized spacial score (nSPS) is 10.9. The predicted molar refractivity (Wildman–Crippen MR) is 80.7 cm³/mol. The van der Waals surface area contributed by atoms with Crippen LogP contribution in [0.15, 0.2) is 23.6 Å². The first-order valence-electron chi connectivity index (χ1n) is 6.16. The number of nitrogen functional groups attached to an aromatic ring is 1. The zero-order valence-electron chi connectivity index (χ0n) is 11.5. The molecule has 0 bridgehead atoms. The molecule has 1 aromatic carbocycles. The summed E-state index contributed by atoms with van der Waals surface area (Å²) in [5.74, 6) is 0.735. The van der Waals surface area contributed by atoms with Gasteiger partial charge in [-0.3, -0.25) is 0 Å². The zero-order valence-corrected chi connectivity index (χ0v) is 12.3. The lowest BCUT2D eigenvalue weighted by Gasteiger charge is -2.12. The minimum Gasteiger partial charge on any atom is -0.490 e. The van der Waals surface area contributed by atoms with Crippen molar-refractivity contribution in [3.05, 3.63) is 29.3 Å². The molecule has 0 atom stereocenters.